The SMILES string of the molecule is COCCONC(=O)c1ccc(Cl)cn1. The van der Waals surface area contributed by atoms with Crippen molar-refractivity contribution < 1.29 is 14.4 Å². The average molecular weight is 231 g/mol. The number of nitrogens with zero attached hydrogens (tertiary/aromatic N) is 1. The van der Waals surface area contributed by atoms with E-state index in [1.807, 2.05) is 0 Å². The van der Waals surface area contributed by atoms with Gasteiger partial charge < -0.3 is 4.74 Å². The van der Waals surface area contributed by atoms with E-state index in [0.29, 0.717) is 11.6 Å². The molecule has 0 aliphatic rings. The summed E-state index contributed by atoms with van der Waals surface area (Å²) >= 11 is 5.62. The van der Waals surface area contributed by atoms with Crippen molar-refractivity contribution in [1.82, 2.24) is 10.5 Å². The Bertz CT molecular complexity index is 316. The Morgan fingerprint density at radius 1 is 1.53 bits per heavy atom. The van der Waals surface area contributed by atoms with E-state index in [2.05, 4.69) is 10.5 Å². The molecule has 0 bridgehead atoms. The maximum absolute atomic E-state index is 11.3. The Morgan fingerprint density at radius 3 is 2.93 bits per heavy atom. The van der Waals surface area contributed by atoms with Crippen LogP contribution >= 0.6 is 11.6 Å². The maximum atomic E-state index is 11.3. The normalized spacial score (nSPS) is 10.0. The smallest absolute Gasteiger partial charge is 0.293 e. The van der Waals surface area contributed by atoms with Gasteiger partial charge in [0, 0.05) is 13.3 Å². The minimum absolute atomic E-state index is 0.247. The van der Waals surface area contributed by atoms with Crippen LogP contribution in [0.2, 0.25) is 5.02 Å². The van der Waals surface area contributed by atoms with E-state index in [-0.39, 0.29) is 12.3 Å². The first-order valence-corrected chi connectivity index (χ1v) is 4.64. The van der Waals surface area contributed by atoms with Gasteiger partial charge in [-0.15, -0.1) is 0 Å². The highest BCUT2D eigenvalue weighted by molar-refractivity contribution is 6.30. The lowest BCUT2D eigenvalue weighted by Gasteiger charge is -2.04. The number of amides is 1. The van der Waals surface area contributed by atoms with Crippen LogP contribution in [0.4, 0.5) is 0 Å². The molecule has 0 aliphatic carbocycles. The summed E-state index contributed by atoms with van der Waals surface area (Å²) in [6.45, 7) is 0.699. The lowest BCUT2D eigenvalue weighted by Crippen LogP contribution is -2.26. The fourth-order valence-electron chi connectivity index (χ4n) is 0.804. The Kier molecular flexibility index (Phi) is 5.03. The summed E-state index contributed by atoms with van der Waals surface area (Å²) in [6.07, 6.45) is 1.39. The molecular weight excluding hydrogens is 220 g/mol. The molecule has 0 saturated heterocycles. The van der Waals surface area contributed by atoms with E-state index < -0.39 is 5.91 Å². The van der Waals surface area contributed by atoms with Crippen molar-refractivity contribution >= 4 is 17.5 Å². The van der Waals surface area contributed by atoms with Gasteiger partial charge in [-0.1, -0.05) is 11.6 Å². The van der Waals surface area contributed by atoms with Crippen LogP contribution in [0.15, 0.2) is 18.3 Å². The molecule has 0 radical (unpaired) electrons. The molecule has 1 rings (SSSR count). The molecule has 0 fully saturated rings. The van der Waals surface area contributed by atoms with Crippen LogP contribution in [0, 0.1) is 0 Å². The standard InChI is InChI=1S/C9H11ClN2O3/c1-14-4-5-15-12-9(13)8-3-2-7(10)6-11-8/h2-3,6H,4-5H2,1H3,(H,12,13). The highest BCUT2D eigenvalue weighted by Gasteiger charge is 2.05. The summed E-state index contributed by atoms with van der Waals surface area (Å²) in [7, 11) is 1.55. The molecule has 1 aromatic rings. The number of pyridine rings is 1. The molecule has 0 saturated carbocycles. The highest BCUT2D eigenvalue weighted by atomic mass is 35.5. The minimum atomic E-state index is -0.414. The molecule has 0 unspecified atom stereocenters. The molecule has 6 heteroatoms. The summed E-state index contributed by atoms with van der Waals surface area (Å²) in [5.74, 6) is -0.414. The minimum Gasteiger partial charge on any atom is -0.382 e. The number of ether oxygens (including phenoxy) is 1. The third kappa shape index (κ3) is 4.24. The number of hydroxylamine groups is 1. The second-order valence-electron chi connectivity index (χ2n) is 2.63. The van der Waals surface area contributed by atoms with Crippen molar-refractivity contribution in [2.75, 3.05) is 20.3 Å². The van der Waals surface area contributed by atoms with Gasteiger partial charge >= 0.3 is 0 Å². The zero-order valence-electron chi connectivity index (χ0n) is 8.20. The fraction of sp³-hybridized carbons (Fsp3) is 0.333. The van der Waals surface area contributed by atoms with Crippen molar-refractivity contribution in [1.29, 1.82) is 0 Å². The van der Waals surface area contributed by atoms with E-state index >= 15 is 0 Å². The molecule has 0 aliphatic heterocycles. The largest absolute Gasteiger partial charge is 0.382 e. The number of carbonyl (C=O) groups excluding carboxylic acids is 1. The van der Waals surface area contributed by atoms with E-state index in [1.54, 1.807) is 13.2 Å². The number of rotatable bonds is 5. The van der Waals surface area contributed by atoms with Crippen LogP contribution in [0.3, 0.4) is 0 Å². The molecule has 0 atom stereocenters. The maximum Gasteiger partial charge on any atom is 0.293 e. The summed E-state index contributed by atoms with van der Waals surface area (Å²) < 4.78 is 4.74. The van der Waals surface area contributed by atoms with E-state index in [4.69, 9.17) is 21.2 Å². The van der Waals surface area contributed by atoms with Gasteiger partial charge in [0.1, 0.15) is 5.69 Å². The van der Waals surface area contributed by atoms with Gasteiger partial charge in [0.25, 0.3) is 5.91 Å². The second-order valence-corrected chi connectivity index (χ2v) is 3.07. The van der Waals surface area contributed by atoms with Gasteiger partial charge in [0.05, 0.1) is 18.2 Å². The summed E-state index contributed by atoms with van der Waals surface area (Å²) in [4.78, 5) is 20.0. The third-order valence-electron chi connectivity index (χ3n) is 1.51. The molecule has 1 aromatic heterocycles. The van der Waals surface area contributed by atoms with Gasteiger partial charge in [-0.05, 0) is 12.1 Å². The van der Waals surface area contributed by atoms with E-state index in [9.17, 15) is 4.79 Å². The van der Waals surface area contributed by atoms with E-state index in [1.165, 1.54) is 12.3 Å². The number of hydrogen-bond donors (Lipinski definition) is 1. The molecule has 0 spiro atoms. The number of methoxy groups -OCH3 is 1. The zero-order chi connectivity index (χ0) is 11.1. The predicted molar refractivity (Wildman–Crippen MR) is 54.5 cm³/mol. The Labute approximate surface area is 92.3 Å². The number of hydrogen-bond acceptors (Lipinski definition) is 4. The molecule has 5 nitrogen and oxygen atoms in total. The molecule has 0 aromatic carbocycles. The van der Waals surface area contributed by atoms with Crippen LogP contribution in [0.5, 0.6) is 0 Å². The monoisotopic (exact) mass is 230 g/mol. The van der Waals surface area contributed by atoms with Crippen LogP contribution in [-0.2, 0) is 9.57 Å². The molecule has 82 valence electrons. The third-order valence-corrected chi connectivity index (χ3v) is 1.74. The van der Waals surface area contributed by atoms with Crippen molar-refractivity contribution in [3.8, 4) is 0 Å². The zero-order valence-corrected chi connectivity index (χ0v) is 8.95. The summed E-state index contributed by atoms with van der Waals surface area (Å²) in [5.41, 5.74) is 2.48. The Balaban J connectivity index is 2.37. The van der Waals surface area contributed by atoms with Gasteiger partial charge in [0.2, 0.25) is 0 Å². The molecule has 1 heterocycles. The van der Waals surface area contributed by atoms with Gasteiger partial charge in [-0.25, -0.2) is 10.5 Å². The van der Waals surface area contributed by atoms with Crippen molar-refractivity contribution in [2.45, 2.75) is 0 Å². The quantitative estimate of drug-likeness (QED) is 0.607. The van der Waals surface area contributed by atoms with E-state index in [0.717, 1.165) is 0 Å². The Morgan fingerprint density at radius 2 is 2.33 bits per heavy atom. The van der Waals surface area contributed by atoms with Crippen molar-refractivity contribution in [3.63, 3.8) is 0 Å². The number of nitrogens with one attached hydrogen (secondary N) is 1. The van der Waals surface area contributed by atoms with Crippen molar-refractivity contribution in [2.24, 2.45) is 0 Å². The first-order valence-electron chi connectivity index (χ1n) is 4.26. The molecule has 1 N–H and O–H groups in total. The van der Waals surface area contributed by atoms with Crippen LogP contribution in [-0.4, -0.2) is 31.2 Å². The van der Waals surface area contributed by atoms with Crippen LogP contribution < -0.4 is 5.48 Å². The van der Waals surface area contributed by atoms with Gasteiger partial charge in [-0.3, -0.25) is 9.63 Å². The second kappa shape index (κ2) is 6.34. The lowest BCUT2D eigenvalue weighted by molar-refractivity contribution is 0.00858. The van der Waals surface area contributed by atoms with Gasteiger partial charge in [-0.2, -0.15) is 0 Å². The highest BCUT2D eigenvalue weighted by Crippen LogP contribution is 2.05. The number of halogens is 1. The number of aromatic nitrogens is 1. The first-order chi connectivity index (χ1) is 7.24. The lowest BCUT2D eigenvalue weighted by atomic mass is 10.3. The van der Waals surface area contributed by atoms with Crippen LogP contribution in [0.1, 0.15) is 10.5 Å². The molecular formula is C9H11ClN2O3. The van der Waals surface area contributed by atoms with Crippen LogP contribution in [0.25, 0.3) is 0 Å². The Hall–Kier alpha value is -1.17. The molecule has 1 amide bonds. The molecule has 15 heavy (non-hydrogen) atoms. The fourth-order valence-corrected chi connectivity index (χ4v) is 0.916. The van der Waals surface area contributed by atoms with Crippen molar-refractivity contribution in [3.05, 3.63) is 29.0 Å². The average Bonchev–Trinajstić information content (AvgIpc) is 2.25. The summed E-state index contributed by atoms with van der Waals surface area (Å²) in [5, 5.41) is 0.479. The predicted octanol–water partition coefficient (Wildman–Crippen LogP) is 1.04. The summed E-state index contributed by atoms with van der Waals surface area (Å²) in [6, 6.07) is 3.09. The van der Waals surface area contributed by atoms with Gasteiger partial charge in [0.15, 0.2) is 0 Å². The number of carbonyl (C=O) groups is 1. The topological polar surface area (TPSA) is 60.5 Å². The first kappa shape index (κ1) is 11.9.